The highest BCUT2D eigenvalue weighted by atomic mass is 16.5. The van der Waals surface area contributed by atoms with Crippen molar-refractivity contribution in [3.8, 4) is 11.5 Å². The molecule has 1 aliphatic heterocycles. The zero-order valence-electron chi connectivity index (χ0n) is 16.7. The number of aromatic amines is 1. The van der Waals surface area contributed by atoms with Crippen LogP contribution in [0.5, 0.6) is 11.5 Å². The number of hydrogen-bond acceptors (Lipinski definition) is 6. The second-order valence-corrected chi connectivity index (χ2v) is 7.19. The van der Waals surface area contributed by atoms with Crippen LogP contribution in [0, 0.1) is 6.92 Å². The molecule has 1 fully saturated rings. The highest BCUT2D eigenvalue weighted by Gasteiger charge is 2.27. The number of likely N-dealkylation sites (tertiary alicyclic amines) is 1. The highest BCUT2D eigenvalue weighted by molar-refractivity contribution is 5.78. The van der Waals surface area contributed by atoms with Gasteiger partial charge in [-0.2, -0.15) is 5.10 Å². The van der Waals surface area contributed by atoms with Gasteiger partial charge < -0.3 is 14.4 Å². The van der Waals surface area contributed by atoms with Crippen molar-refractivity contribution in [1.29, 1.82) is 0 Å². The number of ether oxygens (including phenoxy) is 2. The second-order valence-electron chi connectivity index (χ2n) is 7.19. The van der Waals surface area contributed by atoms with Gasteiger partial charge in [-0.3, -0.25) is 9.89 Å². The molecule has 29 heavy (non-hydrogen) atoms. The van der Waals surface area contributed by atoms with Gasteiger partial charge in [0.15, 0.2) is 23.8 Å². The van der Waals surface area contributed by atoms with Crippen molar-refractivity contribution in [2.24, 2.45) is 0 Å². The number of hydrogen-bond donors (Lipinski definition) is 1. The Hall–Kier alpha value is -3.16. The molecule has 4 rings (SSSR count). The van der Waals surface area contributed by atoms with Gasteiger partial charge in [-0.15, -0.1) is 0 Å². The molecular weight excluding hydrogens is 370 g/mol. The number of carbonyl (C=O) groups is 1. The standard InChI is InChI=1S/C21H25N5O3/c1-3-28-17-12-14(2)4-5-16(17)29-13-18(27)26-10-6-15(7-11-26)19-20-21(25-24-19)23-9-8-22-20/h4-5,8-9,12,15H,3,6-7,10-11,13H2,1-2H3,(H,23,24,25). The van der Waals surface area contributed by atoms with E-state index in [1.807, 2.05) is 36.9 Å². The Labute approximate surface area is 169 Å². The van der Waals surface area contributed by atoms with Crippen LogP contribution >= 0.6 is 0 Å². The number of benzene rings is 1. The summed E-state index contributed by atoms with van der Waals surface area (Å²) < 4.78 is 11.4. The van der Waals surface area contributed by atoms with E-state index in [1.54, 1.807) is 12.4 Å². The van der Waals surface area contributed by atoms with E-state index in [4.69, 9.17) is 9.47 Å². The number of piperidine rings is 1. The summed E-state index contributed by atoms with van der Waals surface area (Å²) in [6, 6.07) is 5.72. The third-order valence-electron chi connectivity index (χ3n) is 5.22. The fraction of sp³-hybridized carbons (Fsp3) is 0.429. The summed E-state index contributed by atoms with van der Waals surface area (Å²) >= 11 is 0. The molecule has 1 saturated heterocycles. The molecule has 1 amide bonds. The third-order valence-corrected chi connectivity index (χ3v) is 5.22. The average molecular weight is 395 g/mol. The first-order valence-corrected chi connectivity index (χ1v) is 9.94. The van der Waals surface area contributed by atoms with Gasteiger partial charge in [-0.05, 0) is 44.4 Å². The summed E-state index contributed by atoms with van der Waals surface area (Å²) in [4.78, 5) is 23.1. The first kappa shape index (κ1) is 19.2. The van der Waals surface area contributed by atoms with Crippen molar-refractivity contribution in [3.63, 3.8) is 0 Å². The van der Waals surface area contributed by atoms with Gasteiger partial charge in [0.25, 0.3) is 5.91 Å². The minimum atomic E-state index is -0.0132. The summed E-state index contributed by atoms with van der Waals surface area (Å²) in [6.45, 7) is 5.84. The Kier molecular flexibility index (Phi) is 5.59. The zero-order valence-corrected chi connectivity index (χ0v) is 16.7. The molecule has 152 valence electrons. The molecule has 3 heterocycles. The average Bonchev–Trinajstić information content (AvgIpc) is 3.17. The fourth-order valence-electron chi connectivity index (χ4n) is 3.70. The lowest BCUT2D eigenvalue weighted by atomic mass is 9.93. The molecule has 0 spiro atoms. The van der Waals surface area contributed by atoms with E-state index < -0.39 is 0 Å². The van der Waals surface area contributed by atoms with Crippen LogP contribution < -0.4 is 9.47 Å². The molecule has 1 N–H and O–H groups in total. The minimum Gasteiger partial charge on any atom is -0.490 e. The smallest absolute Gasteiger partial charge is 0.260 e. The van der Waals surface area contributed by atoms with Crippen molar-refractivity contribution in [3.05, 3.63) is 41.9 Å². The van der Waals surface area contributed by atoms with E-state index in [9.17, 15) is 4.79 Å². The lowest BCUT2D eigenvalue weighted by Crippen LogP contribution is -2.40. The monoisotopic (exact) mass is 395 g/mol. The largest absolute Gasteiger partial charge is 0.490 e. The first-order valence-electron chi connectivity index (χ1n) is 9.94. The molecule has 8 nitrogen and oxygen atoms in total. The van der Waals surface area contributed by atoms with Crippen LogP contribution in [0.3, 0.4) is 0 Å². The van der Waals surface area contributed by atoms with E-state index in [0.29, 0.717) is 42.8 Å². The van der Waals surface area contributed by atoms with E-state index >= 15 is 0 Å². The van der Waals surface area contributed by atoms with E-state index in [-0.39, 0.29) is 12.5 Å². The number of H-pyrrole nitrogens is 1. The molecule has 1 aromatic carbocycles. The van der Waals surface area contributed by atoms with Gasteiger partial charge in [-0.25, -0.2) is 9.97 Å². The molecule has 0 unspecified atom stereocenters. The second kappa shape index (κ2) is 8.46. The predicted molar refractivity (Wildman–Crippen MR) is 108 cm³/mol. The fourth-order valence-corrected chi connectivity index (χ4v) is 3.70. The van der Waals surface area contributed by atoms with Gasteiger partial charge >= 0.3 is 0 Å². The van der Waals surface area contributed by atoms with Gasteiger partial charge in [0.1, 0.15) is 5.52 Å². The van der Waals surface area contributed by atoms with Crippen molar-refractivity contribution >= 4 is 17.1 Å². The van der Waals surface area contributed by atoms with Crippen molar-refractivity contribution in [2.75, 3.05) is 26.3 Å². The number of carbonyl (C=O) groups excluding carboxylic acids is 1. The molecule has 0 aliphatic carbocycles. The topological polar surface area (TPSA) is 93.2 Å². The molecule has 0 saturated carbocycles. The minimum absolute atomic E-state index is 0.00622. The van der Waals surface area contributed by atoms with E-state index in [1.165, 1.54) is 0 Å². The summed E-state index contributed by atoms with van der Waals surface area (Å²) in [5, 5.41) is 7.31. The maximum Gasteiger partial charge on any atom is 0.260 e. The van der Waals surface area contributed by atoms with Crippen molar-refractivity contribution in [2.45, 2.75) is 32.6 Å². The van der Waals surface area contributed by atoms with E-state index in [0.717, 1.165) is 29.6 Å². The number of aryl methyl sites for hydroxylation is 1. The Bertz CT molecular complexity index is 995. The molecule has 2 aromatic heterocycles. The number of rotatable bonds is 6. The molecule has 0 atom stereocenters. The zero-order chi connectivity index (χ0) is 20.2. The van der Waals surface area contributed by atoms with Gasteiger partial charge in [0, 0.05) is 31.4 Å². The first-order chi connectivity index (χ1) is 14.2. The van der Waals surface area contributed by atoms with Gasteiger partial charge in [-0.1, -0.05) is 6.07 Å². The highest BCUT2D eigenvalue weighted by Crippen LogP contribution is 2.31. The van der Waals surface area contributed by atoms with Crippen LogP contribution in [0.25, 0.3) is 11.2 Å². The van der Waals surface area contributed by atoms with E-state index in [2.05, 4.69) is 20.2 Å². The van der Waals surface area contributed by atoms with Gasteiger partial charge in [0.05, 0.1) is 12.3 Å². The number of fused-ring (bicyclic) bond motifs is 1. The van der Waals surface area contributed by atoms with Gasteiger partial charge in [0.2, 0.25) is 0 Å². The lowest BCUT2D eigenvalue weighted by Gasteiger charge is -2.31. The SMILES string of the molecule is CCOc1cc(C)ccc1OCC(=O)N1CCC(c2[nH]nc3nccnc23)CC1. The summed E-state index contributed by atoms with van der Waals surface area (Å²) in [5.74, 6) is 1.55. The van der Waals surface area contributed by atoms with Crippen LogP contribution in [-0.2, 0) is 4.79 Å². The molecule has 8 heteroatoms. The Morgan fingerprint density at radius 1 is 1.17 bits per heavy atom. The van der Waals surface area contributed by atoms with Crippen molar-refractivity contribution in [1.82, 2.24) is 25.1 Å². The Morgan fingerprint density at radius 2 is 1.97 bits per heavy atom. The van der Waals surface area contributed by atoms with Crippen LogP contribution in [0.2, 0.25) is 0 Å². The number of nitrogens with one attached hydrogen (secondary N) is 1. The Balaban J connectivity index is 1.34. The molecule has 0 bridgehead atoms. The maximum atomic E-state index is 12.6. The molecule has 1 aliphatic rings. The van der Waals surface area contributed by atoms with Crippen LogP contribution in [0.15, 0.2) is 30.6 Å². The summed E-state index contributed by atoms with van der Waals surface area (Å²) in [5.41, 5.74) is 3.56. The quantitative estimate of drug-likeness (QED) is 0.690. The maximum absolute atomic E-state index is 12.6. The molecular formula is C21H25N5O3. The summed E-state index contributed by atoms with van der Waals surface area (Å²) in [6.07, 6.45) is 5.03. The van der Waals surface area contributed by atoms with Crippen LogP contribution in [0.4, 0.5) is 0 Å². The third kappa shape index (κ3) is 4.16. The number of nitrogens with zero attached hydrogens (tertiary/aromatic N) is 4. The molecule has 3 aromatic rings. The summed E-state index contributed by atoms with van der Waals surface area (Å²) in [7, 11) is 0. The van der Waals surface area contributed by atoms with Crippen LogP contribution in [-0.4, -0.2) is 57.3 Å². The van der Waals surface area contributed by atoms with Crippen LogP contribution in [0.1, 0.15) is 36.9 Å². The van der Waals surface area contributed by atoms with Crippen molar-refractivity contribution < 1.29 is 14.3 Å². The Morgan fingerprint density at radius 3 is 2.76 bits per heavy atom. The lowest BCUT2D eigenvalue weighted by molar-refractivity contribution is -0.134. The number of aromatic nitrogens is 4. The number of amides is 1. The molecule has 0 radical (unpaired) electrons. The normalized spacial score (nSPS) is 14.9. The predicted octanol–water partition coefficient (Wildman–Crippen LogP) is 2.85.